The van der Waals surface area contributed by atoms with E-state index in [1.165, 1.54) is 34.6 Å². The Kier molecular flexibility index (Phi) is 5.38. The fourth-order valence-electron chi connectivity index (χ4n) is 3.36. The van der Waals surface area contributed by atoms with Gasteiger partial charge in [0.25, 0.3) is 0 Å². The van der Waals surface area contributed by atoms with Gasteiger partial charge < -0.3 is 4.74 Å². The fourth-order valence-corrected chi connectivity index (χ4v) is 4.47. The molecule has 1 atom stereocenters. The van der Waals surface area contributed by atoms with Crippen LogP contribution in [0.2, 0.25) is 0 Å². The van der Waals surface area contributed by atoms with Crippen molar-refractivity contribution in [2.45, 2.75) is 46.5 Å². The van der Waals surface area contributed by atoms with E-state index in [0.717, 1.165) is 29.9 Å². The number of esters is 1. The molecule has 132 valence electrons. The minimum absolute atomic E-state index is 0.151. The molecule has 3 nitrogen and oxygen atoms in total. The van der Waals surface area contributed by atoms with Gasteiger partial charge in [0.15, 0.2) is 6.61 Å². The van der Waals surface area contributed by atoms with E-state index in [1.54, 1.807) is 0 Å². The van der Waals surface area contributed by atoms with Crippen molar-refractivity contribution >= 4 is 23.1 Å². The molecule has 0 aliphatic heterocycles. The summed E-state index contributed by atoms with van der Waals surface area (Å²) < 4.78 is 5.29. The lowest BCUT2D eigenvalue weighted by molar-refractivity contribution is 0.0479. The summed E-state index contributed by atoms with van der Waals surface area (Å²) in [6, 6.07) is 7.70. The second-order valence-electron chi connectivity index (χ2n) is 6.89. The fraction of sp³-hybridized carbons (Fsp3) is 0.429. The van der Waals surface area contributed by atoms with E-state index in [9.17, 15) is 9.59 Å². The summed E-state index contributed by atoms with van der Waals surface area (Å²) in [5.74, 6) is 0.185. The summed E-state index contributed by atoms with van der Waals surface area (Å²) in [6.45, 7) is 5.85. The van der Waals surface area contributed by atoms with E-state index < -0.39 is 0 Å². The number of ketones is 1. The van der Waals surface area contributed by atoms with Crippen molar-refractivity contribution in [1.29, 1.82) is 0 Å². The Hall–Kier alpha value is -1.94. The van der Waals surface area contributed by atoms with Crippen LogP contribution in [-0.2, 0) is 17.6 Å². The molecule has 4 heteroatoms. The first-order chi connectivity index (χ1) is 12.0. The SMILES string of the molecule is CC[C@H]1CCc2sc(C(=O)OCC(=O)c3cc(C)ccc3C)cc2C1. The highest BCUT2D eigenvalue weighted by Gasteiger charge is 2.23. The summed E-state index contributed by atoms with van der Waals surface area (Å²) in [7, 11) is 0. The average Bonchev–Trinajstić information content (AvgIpc) is 3.04. The molecule has 1 aromatic heterocycles. The van der Waals surface area contributed by atoms with Gasteiger partial charge in [-0.05, 0) is 62.3 Å². The third kappa shape index (κ3) is 4.01. The number of rotatable bonds is 5. The molecule has 1 aliphatic carbocycles. The smallest absolute Gasteiger partial charge is 0.348 e. The lowest BCUT2D eigenvalue weighted by Crippen LogP contribution is -2.14. The number of fused-ring (bicyclic) bond motifs is 1. The average molecular weight is 356 g/mol. The Morgan fingerprint density at radius 3 is 2.80 bits per heavy atom. The zero-order chi connectivity index (χ0) is 18.0. The van der Waals surface area contributed by atoms with Gasteiger partial charge in [0, 0.05) is 10.4 Å². The molecule has 0 fully saturated rings. The van der Waals surface area contributed by atoms with E-state index in [1.807, 2.05) is 38.1 Å². The van der Waals surface area contributed by atoms with Crippen LogP contribution in [0.4, 0.5) is 0 Å². The van der Waals surface area contributed by atoms with E-state index in [0.29, 0.717) is 10.4 Å². The molecule has 1 aromatic carbocycles. The van der Waals surface area contributed by atoms with Crippen molar-refractivity contribution < 1.29 is 14.3 Å². The predicted octanol–water partition coefficient (Wildman–Crippen LogP) is 4.92. The number of carbonyl (C=O) groups is 2. The van der Waals surface area contributed by atoms with Gasteiger partial charge in [-0.15, -0.1) is 11.3 Å². The van der Waals surface area contributed by atoms with Crippen LogP contribution >= 0.6 is 11.3 Å². The zero-order valence-electron chi connectivity index (χ0n) is 15.1. The highest BCUT2D eigenvalue weighted by atomic mass is 32.1. The molecule has 1 aliphatic rings. The van der Waals surface area contributed by atoms with Crippen molar-refractivity contribution in [2.75, 3.05) is 6.61 Å². The molecule has 0 radical (unpaired) electrons. The van der Waals surface area contributed by atoms with Crippen molar-refractivity contribution in [3.05, 3.63) is 56.3 Å². The number of hydrogen-bond donors (Lipinski definition) is 0. The molecule has 0 amide bonds. The second kappa shape index (κ2) is 7.52. The lowest BCUT2D eigenvalue weighted by Gasteiger charge is -2.19. The first-order valence-electron chi connectivity index (χ1n) is 8.87. The standard InChI is InChI=1S/C21H24O3S/c1-4-15-7-8-19-16(10-15)11-20(25-19)21(23)24-12-18(22)17-9-13(2)5-6-14(17)3/h5-6,9,11,15H,4,7-8,10,12H2,1-3H3/t15-/m0/s1. The quantitative estimate of drug-likeness (QED) is 0.564. The predicted molar refractivity (Wildman–Crippen MR) is 101 cm³/mol. The molecule has 3 rings (SSSR count). The highest BCUT2D eigenvalue weighted by molar-refractivity contribution is 7.14. The van der Waals surface area contributed by atoms with Crippen LogP contribution < -0.4 is 0 Å². The molecule has 0 spiro atoms. The Labute approximate surface area is 153 Å². The third-order valence-corrected chi connectivity index (χ3v) is 6.21. The Bertz CT molecular complexity index is 803. The van der Waals surface area contributed by atoms with E-state index >= 15 is 0 Å². The van der Waals surface area contributed by atoms with Gasteiger partial charge in [0.2, 0.25) is 5.78 Å². The highest BCUT2D eigenvalue weighted by Crippen LogP contribution is 2.33. The first kappa shape index (κ1) is 17.9. The van der Waals surface area contributed by atoms with Crippen LogP contribution in [0.3, 0.4) is 0 Å². The van der Waals surface area contributed by atoms with Gasteiger partial charge in [-0.1, -0.05) is 31.0 Å². The second-order valence-corrected chi connectivity index (χ2v) is 8.03. The van der Waals surface area contributed by atoms with Gasteiger partial charge in [-0.25, -0.2) is 4.79 Å². The van der Waals surface area contributed by atoms with Crippen LogP contribution in [0.5, 0.6) is 0 Å². The minimum Gasteiger partial charge on any atom is -0.453 e. The number of aryl methyl sites for hydroxylation is 3. The molecule has 0 N–H and O–H groups in total. The van der Waals surface area contributed by atoms with Gasteiger partial charge in [-0.3, -0.25) is 4.79 Å². The van der Waals surface area contributed by atoms with E-state index in [4.69, 9.17) is 4.74 Å². The van der Waals surface area contributed by atoms with Crippen LogP contribution in [0.15, 0.2) is 24.3 Å². The lowest BCUT2D eigenvalue weighted by atomic mass is 9.87. The summed E-state index contributed by atoms with van der Waals surface area (Å²) in [6.07, 6.45) is 4.48. The first-order valence-corrected chi connectivity index (χ1v) is 9.68. The molecular formula is C21H24O3S. The van der Waals surface area contributed by atoms with Gasteiger partial charge in [-0.2, -0.15) is 0 Å². The number of hydrogen-bond acceptors (Lipinski definition) is 4. The Morgan fingerprint density at radius 2 is 2.04 bits per heavy atom. The largest absolute Gasteiger partial charge is 0.453 e. The molecule has 0 unspecified atom stereocenters. The summed E-state index contributed by atoms with van der Waals surface area (Å²) in [5, 5.41) is 0. The summed E-state index contributed by atoms with van der Waals surface area (Å²) >= 11 is 1.52. The van der Waals surface area contributed by atoms with Crippen molar-refractivity contribution in [3.63, 3.8) is 0 Å². The maximum atomic E-state index is 12.4. The number of carbonyl (C=O) groups excluding carboxylic acids is 2. The van der Waals surface area contributed by atoms with Gasteiger partial charge in [0.05, 0.1) is 0 Å². The number of thiophene rings is 1. The number of benzene rings is 1. The van der Waals surface area contributed by atoms with Crippen LogP contribution in [0, 0.1) is 19.8 Å². The summed E-state index contributed by atoms with van der Waals surface area (Å²) in [5.41, 5.74) is 3.85. The molecule has 0 saturated heterocycles. The number of ether oxygens (including phenoxy) is 1. The normalized spacial score (nSPS) is 16.4. The minimum atomic E-state index is -0.383. The van der Waals surface area contributed by atoms with Gasteiger partial charge in [0.1, 0.15) is 4.88 Å². The maximum absolute atomic E-state index is 12.4. The summed E-state index contributed by atoms with van der Waals surface area (Å²) in [4.78, 5) is 26.6. The van der Waals surface area contributed by atoms with Crippen LogP contribution in [0.1, 0.15) is 61.4 Å². The van der Waals surface area contributed by atoms with E-state index in [2.05, 4.69) is 6.92 Å². The van der Waals surface area contributed by atoms with E-state index in [-0.39, 0.29) is 18.4 Å². The van der Waals surface area contributed by atoms with Gasteiger partial charge >= 0.3 is 5.97 Å². The van der Waals surface area contributed by atoms with Crippen LogP contribution in [0.25, 0.3) is 0 Å². The molecule has 1 heterocycles. The Morgan fingerprint density at radius 1 is 1.24 bits per heavy atom. The number of Topliss-reactive ketones (excluding diaryl/α,β-unsaturated/α-hetero) is 1. The molecule has 0 saturated carbocycles. The molecule has 0 bridgehead atoms. The van der Waals surface area contributed by atoms with Crippen molar-refractivity contribution in [3.8, 4) is 0 Å². The zero-order valence-corrected chi connectivity index (χ0v) is 15.9. The molecular weight excluding hydrogens is 332 g/mol. The van der Waals surface area contributed by atoms with Crippen molar-refractivity contribution in [1.82, 2.24) is 0 Å². The molecule has 25 heavy (non-hydrogen) atoms. The molecule has 2 aromatic rings. The Balaban J connectivity index is 1.64. The monoisotopic (exact) mass is 356 g/mol. The van der Waals surface area contributed by atoms with Crippen LogP contribution in [-0.4, -0.2) is 18.4 Å². The maximum Gasteiger partial charge on any atom is 0.348 e. The third-order valence-electron chi connectivity index (χ3n) is 4.99. The van der Waals surface area contributed by atoms with Crippen molar-refractivity contribution in [2.24, 2.45) is 5.92 Å². The topological polar surface area (TPSA) is 43.4 Å².